The van der Waals surface area contributed by atoms with Crippen molar-refractivity contribution >= 4 is 17.3 Å². The number of carbonyl (C=O) groups excluding carboxylic acids is 1. The highest BCUT2D eigenvalue weighted by Gasteiger charge is 2.53. The van der Waals surface area contributed by atoms with Gasteiger partial charge in [-0.05, 0) is 69.7 Å². The van der Waals surface area contributed by atoms with E-state index in [2.05, 4.69) is 9.88 Å². The van der Waals surface area contributed by atoms with Crippen LogP contribution < -0.4 is 0 Å². The number of carbonyl (C=O) groups is 1. The molecule has 32 heavy (non-hydrogen) atoms. The predicted molar refractivity (Wildman–Crippen MR) is 121 cm³/mol. The Balaban J connectivity index is 1.35. The second kappa shape index (κ2) is 8.19. The topological polar surface area (TPSA) is 51.7 Å². The van der Waals surface area contributed by atoms with Crippen LogP contribution in [0, 0.1) is 11.7 Å². The Hall–Kier alpha value is -1.83. The van der Waals surface area contributed by atoms with Crippen LogP contribution in [0.25, 0.3) is 0 Å². The molecule has 2 fully saturated rings. The fourth-order valence-corrected chi connectivity index (χ4v) is 6.35. The van der Waals surface area contributed by atoms with E-state index in [0.717, 1.165) is 42.5 Å². The van der Waals surface area contributed by atoms with Crippen molar-refractivity contribution in [2.75, 3.05) is 6.54 Å². The summed E-state index contributed by atoms with van der Waals surface area (Å²) >= 11 is 1.55. The van der Waals surface area contributed by atoms with Gasteiger partial charge in [-0.1, -0.05) is 6.07 Å². The molecule has 3 aliphatic heterocycles. The molecule has 3 aliphatic rings. The number of benzene rings is 1. The number of ether oxygens (including phenoxy) is 2. The number of aromatic nitrogens is 1. The predicted octanol–water partition coefficient (Wildman–Crippen LogP) is 4.84. The summed E-state index contributed by atoms with van der Waals surface area (Å²) in [6.45, 7) is 6.95. The lowest BCUT2D eigenvalue weighted by Crippen LogP contribution is -2.52. The van der Waals surface area contributed by atoms with Gasteiger partial charge in [0, 0.05) is 30.4 Å². The number of hydrogen-bond acceptors (Lipinski definition) is 6. The summed E-state index contributed by atoms with van der Waals surface area (Å²) in [5.41, 5.74) is 3.97. The van der Waals surface area contributed by atoms with Crippen molar-refractivity contribution in [2.24, 2.45) is 5.92 Å². The molecule has 3 atom stereocenters. The Bertz CT molecular complexity index is 974. The van der Waals surface area contributed by atoms with Gasteiger partial charge in [0.05, 0.1) is 29.3 Å². The molecule has 0 saturated carbocycles. The maximum Gasteiger partial charge on any atom is 0.311 e. The molecule has 0 N–H and O–H groups in total. The summed E-state index contributed by atoms with van der Waals surface area (Å²) in [5, 5.41) is 2.01. The van der Waals surface area contributed by atoms with E-state index in [1.165, 1.54) is 6.07 Å². The van der Waals surface area contributed by atoms with Crippen LogP contribution in [-0.4, -0.2) is 40.1 Å². The van der Waals surface area contributed by atoms with Gasteiger partial charge in [0.1, 0.15) is 11.4 Å². The van der Waals surface area contributed by atoms with Crippen molar-refractivity contribution in [2.45, 2.75) is 82.8 Å². The first-order chi connectivity index (χ1) is 15.2. The van der Waals surface area contributed by atoms with E-state index in [1.807, 2.05) is 37.7 Å². The second-order valence-corrected chi connectivity index (χ2v) is 11.2. The molecule has 2 aromatic rings. The van der Waals surface area contributed by atoms with E-state index in [1.54, 1.807) is 17.4 Å². The molecule has 1 aromatic heterocycles. The number of thiazole rings is 1. The largest absolute Gasteiger partial charge is 0.460 e. The lowest BCUT2D eigenvalue weighted by Gasteiger charge is -2.45. The Labute approximate surface area is 192 Å². The normalized spacial score (nSPS) is 28.1. The van der Waals surface area contributed by atoms with Crippen molar-refractivity contribution < 1.29 is 18.7 Å². The number of nitrogens with zero attached hydrogens (tertiary/aromatic N) is 2. The highest BCUT2D eigenvalue weighted by Crippen LogP contribution is 2.52. The van der Waals surface area contributed by atoms with Gasteiger partial charge in [0.2, 0.25) is 0 Å². The van der Waals surface area contributed by atoms with Gasteiger partial charge in [-0.3, -0.25) is 9.69 Å². The molecule has 4 heterocycles. The first kappa shape index (κ1) is 22.0. The van der Waals surface area contributed by atoms with Crippen LogP contribution in [0.15, 0.2) is 29.1 Å². The zero-order chi connectivity index (χ0) is 22.5. The molecule has 3 unspecified atom stereocenters. The third-order valence-corrected chi connectivity index (χ3v) is 7.71. The van der Waals surface area contributed by atoms with Crippen molar-refractivity contribution in [3.8, 4) is 0 Å². The molecule has 1 aromatic carbocycles. The van der Waals surface area contributed by atoms with Crippen LogP contribution in [0.5, 0.6) is 0 Å². The van der Waals surface area contributed by atoms with Crippen LogP contribution in [0.1, 0.15) is 63.3 Å². The van der Waals surface area contributed by atoms with Crippen molar-refractivity contribution in [3.05, 3.63) is 51.7 Å². The third-order valence-electron chi connectivity index (χ3n) is 7.08. The summed E-state index contributed by atoms with van der Waals surface area (Å²) in [4.78, 5) is 20.0. The van der Waals surface area contributed by atoms with E-state index in [9.17, 15) is 9.18 Å². The highest BCUT2D eigenvalue weighted by atomic mass is 32.1. The molecule has 2 bridgehead atoms. The first-order valence-electron chi connectivity index (χ1n) is 11.5. The smallest absolute Gasteiger partial charge is 0.311 e. The molecule has 5 rings (SSSR count). The molecule has 1 spiro atoms. The summed E-state index contributed by atoms with van der Waals surface area (Å²) < 4.78 is 26.2. The van der Waals surface area contributed by atoms with Gasteiger partial charge in [0.25, 0.3) is 0 Å². The van der Waals surface area contributed by atoms with E-state index in [4.69, 9.17) is 9.47 Å². The van der Waals surface area contributed by atoms with Gasteiger partial charge < -0.3 is 9.47 Å². The molecular weight excluding hydrogens is 427 g/mol. The quantitative estimate of drug-likeness (QED) is 0.601. The first-order valence-corrected chi connectivity index (χ1v) is 12.5. The molecule has 0 aliphatic carbocycles. The van der Waals surface area contributed by atoms with Gasteiger partial charge in [-0.25, -0.2) is 9.37 Å². The van der Waals surface area contributed by atoms with E-state index in [0.29, 0.717) is 31.7 Å². The van der Waals surface area contributed by atoms with E-state index in [-0.39, 0.29) is 17.7 Å². The lowest BCUT2D eigenvalue weighted by atomic mass is 9.79. The number of fused-ring (bicyclic) bond motifs is 4. The van der Waals surface area contributed by atoms with Crippen LogP contribution in [0.2, 0.25) is 0 Å². The van der Waals surface area contributed by atoms with Gasteiger partial charge in [0.15, 0.2) is 0 Å². The third kappa shape index (κ3) is 4.22. The molecule has 7 heteroatoms. The maximum atomic E-state index is 14.0. The molecule has 2 saturated heterocycles. The fourth-order valence-electron chi connectivity index (χ4n) is 5.78. The summed E-state index contributed by atoms with van der Waals surface area (Å²) in [6.07, 6.45) is 4.44. The minimum Gasteiger partial charge on any atom is -0.460 e. The Morgan fingerprint density at radius 2 is 2.09 bits per heavy atom. The van der Waals surface area contributed by atoms with Crippen LogP contribution >= 0.6 is 11.3 Å². The zero-order valence-corrected chi connectivity index (χ0v) is 19.8. The summed E-state index contributed by atoms with van der Waals surface area (Å²) in [5.74, 6) is -0.617. The Kier molecular flexibility index (Phi) is 5.63. The SMILES string of the molecule is CC(C)(C)OC(=O)C(Cc1cscn1)CN1C2CCC1CC1(C2)OCc2ccc(F)cc21. The highest BCUT2D eigenvalue weighted by molar-refractivity contribution is 7.07. The maximum absolute atomic E-state index is 14.0. The average Bonchev–Trinajstić information content (AvgIpc) is 3.40. The van der Waals surface area contributed by atoms with Gasteiger partial charge in [-0.2, -0.15) is 0 Å². The standard InChI is InChI=1S/C25H31FN2O3S/c1-24(2,3)31-23(29)17(8-19-14-32-15-27-19)12-28-20-6-7-21(28)11-25(10-20)22-9-18(26)5-4-16(22)13-30-25/h4-5,9,14-15,17,20-21H,6-8,10-13H2,1-3H3. The molecular formula is C25H31FN2O3S. The number of halogens is 1. The minimum absolute atomic E-state index is 0.158. The molecule has 0 radical (unpaired) electrons. The lowest BCUT2D eigenvalue weighted by molar-refractivity contribution is -0.162. The van der Waals surface area contributed by atoms with E-state index < -0.39 is 11.2 Å². The Morgan fingerprint density at radius 3 is 2.75 bits per heavy atom. The van der Waals surface area contributed by atoms with Crippen LogP contribution in [0.3, 0.4) is 0 Å². The summed E-state index contributed by atoms with van der Waals surface area (Å²) in [6, 6.07) is 5.70. The zero-order valence-electron chi connectivity index (χ0n) is 19.0. The van der Waals surface area contributed by atoms with Crippen LogP contribution in [-0.2, 0) is 32.9 Å². The molecule has 172 valence electrons. The van der Waals surface area contributed by atoms with Gasteiger partial charge >= 0.3 is 5.97 Å². The summed E-state index contributed by atoms with van der Waals surface area (Å²) in [7, 11) is 0. The number of esters is 1. The molecule has 5 nitrogen and oxygen atoms in total. The van der Waals surface area contributed by atoms with Gasteiger partial charge in [-0.15, -0.1) is 11.3 Å². The number of piperidine rings is 1. The van der Waals surface area contributed by atoms with E-state index >= 15 is 0 Å². The minimum atomic E-state index is -0.520. The van der Waals surface area contributed by atoms with Crippen molar-refractivity contribution in [1.82, 2.24) is 9.88 Å². The fraction of sp³-hybridized carbons (Fsp3) is 0.600. The average molecular weight is 459 g/mol. The Morgan fingerprint density at radius 1 is 1.34 bits per heavy atom. The molecule has 0 amide bonds. The number of hydrogen-bond donors (Lipinski definition) is 0. The van der Waals surface area contributed by atoms with Crippen LogP contribution in [0.4, 0.5) is 4.39 Å². The number of rotatable bonds is 5. The van der Waals surface area contributed by atoms with Crippen molar-refractivity contribution in [1.29, 1.82) is 0 Å². The monoisotopic (exact) mass is 458 g/mol. The van der Waals surface area contributed by atoms with Crippen molar-refractivity contribution in [3.63, 3.8) is 0 Å². The second-order valence-electron chi connectivity index (χ2n) is 10.5.